The zero-order valence-electron chi connectivity index (χ0n) is 17.4. The third kappa shape index (κ3) is 3.39. The van der Waals surface area contributed by atoms with E-state index < -0.39 is 0 Å². The van der Waals surface area contributed by atoms with E-state index in [9.17, 15) is 0 Å². The van der Waals surface area contributed by atoms with Gasteiger partial charge in [0, 0.05) is 11.8 Å². The SMILES string of the molecule is C=C1/C(=C\c2ccc(C)cc2)CC2=CC=C(c3ccccc3)C(c3ccccc3)C12. The summed E-state index contributed by atoms with van der Waals surface area (Å²) in [7, 11) is 0. The first-order valence-electron chi connectivity index (χ1n) is 10.7. The van der Waals surface area contributed by atoms with Gasteiger partial charge in [0.05, 0.1) is 0 Å². The molecule has 0 N–H and O–H groups in total. The molecule has 30 heavy (non-hydrogen) atoms. The average molecular weight is 387 g/mol. The molecule has 0 heterocycles. The van der Waals surface area contributed by atoms with Crippen LogP contribution in [-0.4, -0.2) is 0 Å². The maximum absolute atomic E-state index is 4.60. The minimum Gasteiger partial charge on any atom is -0.0949 e. The van der Waals surface area contributed by atoms with Gasteiger partial charge in [-0.2, -0.15) is 0 Å². The van der Waals surface area contributed by atoms with E-state index in [1.807, 2.05) is 0 Å². The lowest BCUT2D eigenvalue weighted by Crippen LogP contribution is -2.17. The topological polar surface area (TPSA) is 0 Å². The summed E-state index contributed by atoms with van der Waals surface area (Å²) in [5.41, 5.74) is 10.7. The summed E-state index contributed by atoms with van der Waals surface area (Å²) in [5.74, 6) is 0.620. The molecule has 1 fully saturated rings. The molecule has 2 unspecified atom stereocenters. The second kappa shape index (κ2) is 7.80. The van der Waals surface area contributed by atoms with Crippen molar-refractivity contribution in [3.05, 3.63) is 143 Å². The van der Waals surface area contributed by atoms with Gasteiger partial charge < -0.3 is 0 Å². The Labute approximate surface area is 179 Å². The van der Waals surface area contributed by atoms with Crippen LogP contribution in [0.2, 0.25) is 0 Å². The van der Waals surface area contributed by atoms with Crippen molar-refractivity contribution in [2.24, 2.45) is 5.92 Å². The Kier molecular flexibility index (Phi) is 4.85. The molecule has 0 heteroatoms. The maximum Gasteiger partial charge on any atom is 0.0201 e. The monoisotopic (exact) mass is 386 g/mol. The molecule has 0 amide bonds. The van der Waals surface area contributed by atoms with E-state index >= 15 is 0 Å². The highest BCUT2D eigenvalue weighted by Gasteiger charge is 2.39. The van der Waals surface area contributed by atoms with Crippen molar-refractivity contribution in [3.63, 3.8) is 0 Å². The lowest BCUT2D eigenvalue weighted by Gasteiger charge is -2.32. The van der Waals surface area contributed by atoms with E-state index in [1.54, 1.807) is 0 Å². The third-order valence-electron chi connectivity index (χ3n) is 6.41. The van der Waals surface area contributed by atoms with Gasteiger partial charge in [0.1, 0.15) is 0 Å². The largest absolute Gasteiger partial charge is 0.0949 e. The lowest BCUT2D eigenvalue weighted by atomic mass is 9.71. The number of hydrogen-bond acceptors (Lipinski definition) is 0. The van der Waals surface area contributed by atoms with Gasteiger partial charge in [-0.15, -0.1) is 0 Å². The molecular formula is C30H26. The van der Waals surface area contributed by atoms with Gasteiger partial charge in [-0.05, 0) is 46.8 Å². The third-order valence-corrected chi connectivity index (χ3v) is 6.41. The van der Waals surface area contributed by atoms with Crippen molar-refractivity contribution in [3.8, 4) is 0 Å². The highest BCUT2D eigenvalue weighted by atomic mass is 14.4. The summed E-state index contributed by atoms with van der Waals surface area (Å²) in [5, 5.41) is 0. The van der Waals surface area contributed by atoms with E-state index in [4.69, 9.17) is 0 Å². The maximum atomic E-state index is 4.60. The van der Waals surface area contributed by atoms with Crippen molar-refractivity contribution >= 4 is 11.6 Å². The Morgan fingerprint density at radius 1 is 0.767 bits per heavy atom. The highest BCUT2D eigenvalue weighted by molar-refractivity contribution is 5.79. The Balaban J connectivity index is 1.57. The minimum atomic E-state index is 0.296. The fourth-order valence-electron chi connectivity index (χ4n) is 4.87. The van der Waals surface area contributed by atoms with Crippen molar-refractivity contribution < 1.29 is 0 Å². The van der Waals surface area contributed by atoms with Gasteiger partial charge >= 0.3 is 0 Å². The first kappa shape index (κ1) is 18.6. The summed E-state index contributed by atoms with van der Waals surface area (Å²) in [4.78, 5) is 0. The van der Waals surface area contributed by atoms with Crippen molar-refractivity contribution in [1.29, 1.82) is 0 Å². The molecule has 0 aliphatic heterocycles. The van der Waals surface area contributed by atoms with Crippen LogP contribution in [0.15, 0.2) is 120 Å². The number of benzene rings is 3. The minimum absolute atomic E-state index is 0.296. The van der Waals surface area contributed by atoms with Crippen LogP contribution < -0.4 is 0 Å². The Morgan fingerprint density at radius 3 is 2.13 bits per heavy atom. The number of fused-ring (bicyclic) bond motifs is 1. The van der Waals surface area contributed by atoms with E-state index in [0.29, 0.717) is 11.8 Å². The van der Waals surface area contributed by atoms with Gasteiger partial charge in [-0.25, -0.2) is 0 Å². The molecule has 0 bridgehead atoms. The Bertz CT molecular complexity index is 1160. The molecular weight excluding hydrogens is 360 g/mol. The molecule has 0 saturated heterocycles. The normalized spacial score (nSPS) is 21.9. The first-order chi connectivity index (χ1) is 14.7. The van der Waals surface area contributed by atoms with Gasteiger partial charge in [0.25, 0.3) is 0 Å². The molecule has 3 aromatic rings. The van der Waals surface area contributed by atoms with Crippen LogP contribution in [0, 0.1) is 12.8 Å². The smallest absolute Gasteiger partial charge is 0.0201 e. The molecule has 2 atom stereocenters. The molecule has 5 rings (SSSR count). The first-order valence-corrected chi connectivity index (χ1v) is 10.7. The number of allylic oxidation sites excluding steroid dienone is 6. The van der Waals surface area contributed by atoms with E-state index in [-0.39, 0.29) is 0 Å². The van der Waals surface area contributed by atoms with Gasteiger partial charge in [0.2, 0.25) is 0 Å². The molecule has 1 saturated carbocycles. The van der Waals surface area contributed by atoms with Crippen LogP contribution in [0.4, 0.5) is 0 Å². The molecule has 2 aliphatic carbocycles. The van der Waals surface area contributed by atoms with E-state index in [2.05, 4.69) is 117 Å². The van der Waals surface area contributed by atoms with E-state index in [0.717, 1.165) is 6.42 Å². The Hall–Kier alpha value is -3.38. The van der Waals surface area contributed by atoms with Crippen LogP contribution in [0.5, 0.6) is 0 Å². The summed E-state index contributed by atoms with van der Waals surface area (Å²) >= 11 is 0. The quantitative estimate of drug-likeness (QED) is 0.431. The van der Waals surface area contributed by atoms with Crippen LogP contribution in [0.1, 0.15) is 34.6 Å². The van der Waals surface area contributed by atoms with Crippen LogP contribution in [0.3, 0.4) is 0 Å². The fourth-order valence-corrected chi connectivity index (χ4v) is 4.87. The second-order valence-corrected chi connectivity index (χ2v) is 8.38. The summed E-state index contributed by atoms with van der Waals surface area (Å²) in [6.07, 6.45) is 7.99. The molecule has 0 spiro atoms. The lowest BCUT2D eigenvalue weighted by molar-refractivity contribution is 0.673. The number of aryl methyl sites for hydroxylation is 1. The standard InChI is InChI=1S/C30H26/c1-21-13-15-23(16-14-21)19-27-20-26-17-18-28(24-9-5-3-6-10-24)30(29(26)22(27)2)25-11-7-4-8-12-25/h3-19,29-30H,2,20H2,1H3/b27-19-. The number of rotatable bonds is 3. The summed E-state index contributed by atoms with van der Waals surface area (Å²) in [6, 6.07) is 30.5. The Morgan fingerprint density at radius 2 is 1.43 bits per heavy atom. The zero-order valence-corrected chi connectivity index (χ0v) is 17.4. The fraction of sp³-hybridized carbons (Fsp3) is 0.133. The molecule has 0 aromatic heterocycles. The van der Waals surface area contributed by atoms with Crippen molar-refractivity contribution in [1.82, 2.24) is 0 Å². The van der Waals surface area contributed by atoms with Crippen LogP contribution in [0.25, 0.3) is 11.6 Å². The van der Waals surface area contributed by atoms with Crippen molar-refractivity contribution in [2.75, 3.05) is 0 Å². The second-order valence-electron chi connectivity index (χ2n) is 8.38. The van der Waals surface area contributed by atoms with E-state index in [1.165, 1.54) is 44.5 Å². The van der Waals surface area contributed by atoms with Crippen molar-refractivity contribution in [2.45, 2.75) is 19.3 Å². The molecule has 0 radical (unpaired) electrons. The van der Waals surface area contributed by atoms with Crippen LogP contribution >= 0.6 is 0 Å². The predicted octanol–water partition coefficient (Wildman–Crippen LogP) is 7.76. The van der Waals surface area contributed by atoms with Gasteiger partial charge in [-0.3, -0.25) is 0 Å². The molecule has 3 aromatic carbocycles. The van der Waals surface area contributed by atoms with Crippen LogP contribution in [-0.2, 0) is 0 Å². The molecule has 0 nitrogen and oxygen atoms in total. The molecule has 146 valence electrons. The zero-order chi connectivity index (χ0) is 20.5. The van der Waals surface area contributed by atoms with Gasteiger partial charge in [-0.1, -0.05) is 121 Å². The average Bonchev–Trinajstić information content (AvgIpc) is 3.11. The highest BCUT2D eigenvalue weighted by Crippen LogP contribution is 2.54. The van der Waals surface area contributed by atoms with Gasteiger partial charge in [0.15, 0.2) is 0 Å². The summed E-state index contributed by atoms with van der Waals surface area (Å²) < 4.78 is 0. The number of hydrogen-bond donors (Lipinski definition) is 0. The molecule has 2 aliphatic rings. The summed E-state index contributed by atoms with van der Waals surface area (Å²) in [6.45, 7) is 6.73. The predicted molar refractivity (Wildman–Crippen MR) is 128 cm³/mol.